The number of nitrogens with zero attached hydrogens (tertiary/aromatic N) is 2. The number of hydrogen-bond donors (Lipinski definition) is 2. The molecule has 0 aliphatic carbocycles. The number of piperidine rings is 1. The van der Waals surface area contributed by atoms with E-state index in [0.29, 0.717) is 6.04 Å². The fraction of sp³-hybridized carbons (Fsp3) is 0.471. The van der Waals surface area contributed by atoms with Crippen LogP contribution in [0.2, 0.25) is 0 Å². The zero-order chi connectivity index (χ0) is 14.5. The number of H-pyrrole nitrogens is 1. The van der Waals surface area contributed by atoms with Gasteiger partial charge in [-0.25, -0.2) is 0 Å². The summed E-state index contributed by atoms with van der Waals surface area (Å²) in [6, 6.07) is 12.9. The molecule has 1 aromatic heterocycles. The van der Waals surface area contributed by atoms with Crippen molar-refractivity contribution in [1.29, 1.82) is 0 Å². The largest absolute Gasteiger partial charge is 0.396 e. The summed E-state index contributed by atoms with van der Waals surface area (Å²) in [5, 5.41) is 16.8. The van der Waals surface area contributed by atoms with Gasteiger partial charge in [0.25, 0.3) is 0 Å². The van der Waals surface area contributed by atoms with Gasteiger partial charge < -0.3 is 5.11 Å². The Bertz CT molecular complexity index is 550. The van der Waals surface area contributed by atoms with Crippen LogP contribution in [0.4, 0.5) is 0 Å². The van der Waals surface area contributed by atoms with Crippen molar-refractivity contribution in [3.63, 3.8) is 0 Å². The van der Waals surface area contributed by atoms with Crippen LogP contribution >= 0.6 is 0 Å². The van der Waals surface area contributed by atoms with Gasteiger partial charge in [0.1, 0.15) is 0 Å². The number of benzene rings is 1. The lowest BCUT2D eigenvalue weighted by atomic mass is 9.99. The van der Waals surface area contributed by atoms with Gasteiger partial charge in [-0.05, 0) is 31.9 Å². The lowest BCUT2D eigenvalue weighted by Crippen LogP contribution is -2.39. The van der Waals surface area contributed by atoms with Crippen molar-refractivity contribution in [2.24, 2.45) is 0 Å². The van der Waals surface area contributed by atoms with E-state index in [2.05, 4.69) is 33.3 Å². The third-order valence-electron chi connectivity index (χ3n) is 4.29. The van der Waals surface area contributed by atoms with Crippen molar-refractivity contribution in [3.8, 4) is 11.3 Å². The second-order valence-corrected chi connectivity index (χ2v) is 5.78. The molecule has 1 aromatic carbocycles. The molecule has 112 valence electrons. The fourth-order valence-corrected chi connectivity index (χ4v) is 3.16. The van der Waals surface area contributed by atoms with Crippen molar-refractivity contribution in [2.75, 3.05) is 13.2 Å². The third-order valence-corrected chi connectivity index (χ3v) is 4.29. The molecule has 0 bridgehead atoms. The van der Waals surface area contributed by atoms with Crippen LogP contribution in [0.15, 0.2) is 36.4 Å². The van der Waals surface area contributed by atoms with E-state index in [1.54, 1.807) is 0 Å². The zero-order valence-electron chi connectivity index (χ0n) is 12.3. The summed E-state index contributed by atoms with van der Waals surface area (Å²) in [5.41, 5.74) is 3.30. The molecular formula is C17H23N3O. The van der Waals surface area contributed by atoms with Crippen LogP contribution in [0.3, 0.4) is 0 Å². The van der Waals surface area contributed by atoms with E-state index >= 15 is 0 Å². The Morgan fingerprint density at radius 1 is 1.24 bits per heavy atom. The van der Waals surface area contributed by atoms with E-state index in [1.807, 2.05) is 18.2 Å². The lowest BCUT2D eigenvalue weighted by molar-refractivity contribution is 0.111. The SMILES string of the molecule is OCCC1CCCCN1Cc1cc(-c2ccccc2)n[nH]1. The highest BCUT2D eigenvalue weighted by Crippen LogP contribution is 2.23. The normalized spacial score (nSPS) is 19.8. The van der Waals surface area contributed by atoms with Crippen molar-refractivity contribution in [2.45, 2.75) is 38.3 Å². The molecule has 1 aliphatic rings. The number of likely N-dealkylation sites (tertiary alicyclic amines) is 1. The Balaban J connectivity index is 1.69. The molecule has 0 saturated carbocycles. The van der Waals surface area contributed by atoms with Gasteiger partial charge in [-0.15, -0.1) is 0 Å². The van der Waals surface area contributed by atoms with Gasteiger partial charge in [-0.3, -0.25) is 10.00 Å². The number of hydrogen-bond acceptors (Lipinski definition) is 3. The summed E-state index contributed by atoms with van der Waals surface area (Å²) in [7, 11) is 0. The molecular weight excluding hydrogens is 262 g/mol. The van der Waals surface area contributed by atoms with Crippen molar-refractivity contribution in [3.05, 3.63) is 42.1 Å². The van der Waals surface area contributed by atoms with Crippen LogP contribution in [0.25, 0.3) is 11.3 Å². The molecule has 3 rings (SSSR count). The Morgan fingerprint density at radius 2 is 2.10 bits per heavy atom. The first-order valence-electron chi connectivity index (χ1n) is 7.81. The van der Waals surface area contributed by atoms with Crippen LogP contribution in [0.1, 0.15) is 31.4 Å². The fourth-order valence-electron chi connectivity index (χ4n) is 3.16. The Hall–Kier alpha value is -1.65. The highest BCUT2D eigenvalue weighted by Gasteiger charge is 2.22. The van der Waals surface area contributed by atoms with Gasteiger partial charge in [0.15, 0.2) is 0 Å². The lowest BCUT2D eigenvalue weighted by Gasteiger charge is -2.35. The minimum Gasteiger partial charge on any atom is -0.396 e. The van der Waals surface area contributed by atoms with Gasteiger partial charge in [0, 0.05) is 30.5 Å². The molecule has 1 unspecified atom stereocenters. The molecule has 1 atom stereocenters. The van der Waals surface area contributed by atoms with Gasteiger partial charge >= 0.3 is 0 Å². The van der Waals surface area contributed by atoms with E-state index in [4.69, 9.17) is 0 Å². The first-order chi connectivity index (χ1) is 10.4. The van der Waals surface area contributed by atoms with Gasteiger partial charge in [-0.2, -0.15) is 5.10 Å². The minimum absolute atomic E-state index is 0.277. The summed E-state index contributed by atoms with van der Waals surface area (Å²) in [4.78, 5) is 2.47. The van der Waals surface area contributed by atoms with Crippen LogP contribution in [0.5, 0.6) is 0 Å². The summed E-state index contributed by atoms with van der Waals surface area (Å²) in [5.74, 6) is 0. The minimum atomic E-state index is 0.277. The standard InChI is InChI=1S/C17H23N3O/c21-11-9-16-8-4-5-10-20(16)13-15-12-17(19-18-15)14-6-2-1-3-7-14/h1-3,6-7,12,16,21H,4-5,8-11,13H2,(H,18,19). The molecule has 21 heavy (non-hydrogen) atoms. The van der Waals surface area contributed by atoms with Crippen LogP contribution < -0.4 is 0 Å². The summed E-state index contributed by atoms with van der Waals surface area (Å²) in [6.07, 6.45) is 4.60. The van der Waals surface area contributed by atoms with E-state index in [1.165, 1.54) is 19.3 Å². The number of aromatic amines is 1. The average molecular weight is 285 g/mol. The first-order valence-corrected chi connectivity index (χ1v) is 7.81. The number of aliphatic hydroxyl groups excluding tert-OH is 1. The predicted molar refractivity (Wildman–Crippen MR) is 83.8 cm³/mol. The molecule has 1 aliphatic heterocycles. The Labute approximate surface area is 125 Å². The number of nitrogens with one attached hydrogen (secondary N) is 1. The van der Waals surface area contributed by atoms with E-state index in [-0.39, 0.29) is 6.61 Å². The van der Waals surface area contributed by atoms with Crippen LogP contribution in [-0.2, 0) is 6.54 Å². The average Bonchev–Trinajstić information content (AvgIpc) is 2.99. The zero-order valence-corrected chi connectivity index (χ0v) is 12.3. The molecule has 2 heterocycles. The maximum absolute atomic E-state index is 9.21. The Morgan fingerprint density at radius 3 is 2.90 bits per heavy atom. The predicted octanol–water partition coefficient (Wildman–Crippen LogP) is 2.81. The molecule has 0 radical (unpaired) electrons. The number of rotatable bonds is 5. The molecule has 2 aromatic rings. The van der Waals surface area contributed by atoms with Gasteiger partial charge in [0.2, 0.25) is 0 Å². The van der Waals surface area contributed by atoms with E-state index < -0.39 is 0 Å². The quantitative estimate of drug-likeness (QED) is 0.888. The maximum atomic E-state index is 9.21. The van der Waals surface area contributed by atoms with Crippen LogP contribution in [0, 0.1) is 0 Å². The molecule has 1 fully saturated rings. The monoisotopic (exact) mass is 285 g/mol. The first kappa shape index (κ1) is 14.3. The van der Waals surface area contributed by atoms with Crippen molar-refractivity contribution < 1.29 is 5.11 Å². The molecule has 0 spiro atoms. The third kappa shape index (κ3) is 3.52. The van der Waals surface area contributed by atoms with Gasteiger partial charge in [0.05, 0.1) is 5.69 Å². The summed E-state index contributed by atoms with van der Waals surface area (Å²) in [6.45, 7) is 2.29. The smallest absolute Gasteiger partial charge is 0.0924 e. The second kappa shape index (κ2) is 6.87. The second-order valence-electron chi connectivity index (χ2n) is 5.78. The highest BCUT2D eigenvalue weighted by molar-refractivity contribution is 5.58. The molecule has 4 heteroatoms. The summed E-state index contributed by atoms with van der Waals surface area (Å²) < 4.78 is 0. The van der Waals surface area contributed by atoms with Gasteiger partial charge in [-0.1, -0.05) is 36.8 Å². The molecule has 2 N–H and O–H groups in total. The maximum Gasteiger partial charge on any atom is 0.0924 e. The molecule has 1 saturated heterocycles. The topological polar surface area (TPSA) is 52.1 Å². The van der Waals surface area contributed by atoms with Crippen molar-refractivity contribution in [1.82, 2.24) is 15.1 Å². The summed E-state index contributed by atoms with van der Waals surface area (Å²) >= 11 is 0. The van der Waals surface area contributed by atoms with Crippen LogP contribution in [-0.4, -0.2) is 39.4 Å². The van der Waals surface area contributed by atoms with E-state index in [0.717, 1.165) is 36.5 Å². The van der Waals surface area contributed by atoms with Crippen molar-refractivity contribution >= 4 is 0 Å². The highest BCUT2D eigenvalue weighted by atomic mass is 16.3. The molecule has 4 nitrogen and oxygen atoms in total. The number of aromatic nitrogens is 2. The molecule has 0 amide bonds. The van der Waals surface area contributed by atoms with E-state index in [9.17, 15) is 5.11 Å². The number of aliphatic hydroxyl groups is 1. The Kier molecular flexibility index (Phi) is 4.68.